The summed E-state index contributed by atoms with van der Waals surface area (Å²) in [5.41, 5.74) is 0. The SMILES string of the molecule is C1CCCCOOOOOOOOOOOOCCC1. The molecule has 1 saturated heterocycles. The van der Waals surface area contributed by atoms with E-state index in [0.29, 0.717) is 13.2 Å². The van der Waals surface area contributed by atoms with Gasteiger partial charge in [-0.2, -0.15) is 0 Å². The summed E-state index contributed by atoms with van der Waals surface area (Å²) >= 11 is 0. The Kier molecular flexibility index (Phi) is 13.1. The van der Waals surface area contributed by atoms with Gasteiger partial charge in [0.25, 0.3) is 0 Å². The molecule has 20 heavy (non-hydrogen) atoms. The maximum Gasteiger partial charge on any atom is 0.0855 e. The van der Waals surface area contributed by atoms with Crippen molar-refractivity contribution >= 4 is 0 Å². The second-order valence-electron chi connectivity index (χ2n) is 3.45. The average molecular weight is 304 g/mol. The first-order chi connectivity index (χ1) is 10.0. The van der Waals surface area contributed by atoms with E-state index in [0.717, 1.165) is 38.5 Å². The standard InChI is InChI=1S/C8H16O12/c1-2-4-6-8-10-12-14-16-18-20-19-17-15-13-11-9-7-5-3-1/h1-8H2. The summed E-state index contributed by atoms with van der Waals surface area (Å²) in [5, 5.41) is 38.4. The third-order valence-electron chi connectivity index (χ3n) is 2.05. The highest BCUT2D eigenvalue weighted by molar-refractivity contribution is 4.44. The van der Waals surface area contributed by atoms with E-state index in [-0.39, 0.29) is 0 Å². The number of rotatable bonds is 0. The molecular formula is C8H16O12. The van der Waals surface area contributed by atoms with Gasteiger partial charge in [0.05, 0.1) is 13.2 Å². The van der Waals surface area contributed by atoms with Crippen molar-refractivity contribution in [1.82, 2.24) is 0 Å². The summed E-state index contributed by atoms with van der Waals surface area (Å²) in [5.74, 6) is 0. The fourth-order valence-electron chi connectivity index (χ4n) is 1.23. The van der Waals surface area contributed by atoms with Crippen molar-refractivity contribution < 1.29 is 60.2 Å². The summed E-state index contributed by atoms with van der Waals surface area (Å²) in [4.78, 5) is 9.16. The van der Waals surface area contributed by atoms with Crippen LogP contribution in [-0.2, 0) is 60.2 Å². The lowest BCUT2D eigenvalue weighted by Crippen LogP contribution is -2.05. The summed E-state index contributed by atoms with van der Waals surface area (Å²) in [6.45, 7) is 0.678. The molecular weight excluding hydrogens is 288 g/mol. The predicted octanol–water partition coefficient (Wildman–Crippen LogP) is 1.60. The molecule has 0 unspecified atom stereocenters. The van der Waals surface area contributed by atoms with Gasteiger partial charge in [-0.3, -0.25) is 0 Å². The van der Waals surface area contributed by atoms with E-state index >= 15 is 0 Å². The van der Waals surface area contributed by atoms with Crippen LogP contribution in [0.25, 0.3) is 0 Å². The molecule has 12 nitrogen and oxygen atoms in total. The number of hydrogen-bond donors (Lipinski definition) is 0. The molecule has 0 radical (unpaired) electrons. The van der Waals surface area contributed by atoms with Gasteiger partial charge in [-0.25, -0.2) is 9.78 Å². The van der Waals surface area contributed by atoms with Crippen molar-refractivity contribution in [3.05, 3.63) is 0 Å². The minimum absolute atomic E-state index is 0.339. The van der Waals surface area contributed by atoms with Gasteiger partial charge in [-0.05, 0) is 63.2 Å². The highest BCUT2D eigenvalue weighted by atomic mass is 18.0. The molecule has 0 aromatic rings. The van der Waals surface area contributed by atoms with Crippen molar-refractivity contribution in [2.24, 2.45) is 0 Å². The van der Waals surface area contributed by atoms with E-state index in [1.807, 2.05) is 0 Å². The maximum atomic E-state index is 4.58. The third kappa shape index (κ3) is 12.5. The van der Waals surface area contributed by atoms with Crippen LogP contribution in [0.3, 0.4) is 0 Å². The molecule has 1 aliphatic heterocycles. The molecule has 0 spiro atoms. The first-order valence-electron chi connectivity index (χ1n) is 5.91. The van der Waals surface area contributed by atoms with Crippen LogP contribution >= 0.6 is 0 Å². The smallest absolute Gasteiger partial charge is 0.0855 e. The van der Waals surface area contributed by atoms with Crippen molar-refractivity contribution in [1.29, 1.82) is 0 Å². The van der Waals surface area contributed by atoms with E-state index < -0.39 is 0 Å². The fourth-order valence-corrected chi connectivity index (χ4v) is 1.23. The number of hydrogen-bond acceptors (Lipinski definition) is 12. The first-order valence-corrected chi connectivity index (χ1v) is 5.91. The average Bonchev–Trinajstić information content (AvgIpc) is 2.46. The Morgan fingerprint density at radius 1 is 0.300 bits per heavy atom. The van der Waals surface area contributed by atoms with E-state index in [1.165, 1.54) is 0 Å². The third-order valence-corrected chi connectivity index (χ3v) is 2.05. The largest absolute Gasteiger partial charge is 0.204 e. The normalized spacial score (nSPS) is 24.0. The summed E-state index contributed by atoms with van der Waals surface area (Å²) in [6, 6.07) is 0. The Hall–Kier alpha value is -0.480. The van der Waals surface area contributed by atoms with Gasteiger partial charge in [-0.15, -0.1) is 0 Å². The van der Waals surface area contributed by atoms with Crippen molar-refractivity contribution in [3.63, 3.8) is 0 Å². The topological polar surface area (TPSA) is 111 Å². The molecule has 1 rings (SSSR count). The zero-order valence-corrected chi connectivity index (χ0v) is 10.6. The second kappa shape index (κ2) is 14.9. The zero-order valence-electron chi connectivity index (χ0n) is 10.6. The Morgan fingerprint density at radius 2 is 0.600 bits per heavy atom. The van der Waals surface area contributed by atoms with Gasteiger partial charge < -0.3 is 0 Å². The molecule has 0 bridgehead atoms. The Labute approximate surface area is 113 Å². The molecule has 12 heteroatoms. The van der Waals surface area contributed by atoms with Gasteiger partial charge >= 0.3 is 0 Å². The quantitative estimate of drug-likeness (QED) is 0.606. The molecule has 0 saturated carbocycles. The zero-order chi connectivity index (χ0) is 14.1. The van der Waals surface area contributed by atoms with Gasteiger partial charge in [0.2, 0.25) is 0 Å². The van der Waals surface area contributed by atoms with Crippen LogP contribution in [0, 0.1) is 0 Å². The van der Waals surface area contributed by atoms with Crippen molar-refractivity contribution in [2.75, 3.05) is 13.2 Å². The maximum absolute atomic E-state index is 4.58. The molecule has 1 fully saturated rings. The van der Waals surface area contributed by atoms with Crippen LogP contribution in [0.4, 0.5) is 0 Å². The fraction of sp³-hybridized carbons (Fsp3) is 1.00. The molecule has 1 aliphatic rings. The van der Waals surface area contributed by atoms with Gasteiger partial charge in [0.1, 0.15) is 0 Å². The van der Waals surface area contributed by atoms with Crippen LogP contribution in [0.2, 0.25) is 0 Å². The van der Waals surface area contributed by atoms with Crippen LogP contribution in [0.15, 0.2) is 0 Å². The molecule has 0 amide bonds. The van der Waals surface area contributed by atoms with Crippen molar-refractivity contribution in [3.8, 4) is 0 Å². The Balaban J connectivity index is 2.00. The summed E-state index contributed by atoms with van der Waals surface area (Å²) < 4.78 is 0. The minimum Gasteiger partial charge on any atom is -0.204 e. The van der Waals surface area contributed by atoms with Crippen LogP contribution in [0.5, 0.6) is 0 Å². The van der Waals surface area contributed by atoms with Crippen molar-refractivity contribution in [2.45, 2.75) is 38.5 Å². The predicted molar refractivity (Wildman–Crippen MR) is 50.5 cm³/mol. The molecule has 0 atom stereocenters. The van der Waals surface area contributed by atoms with Crippen LogP contribution in [0.1, 0.15) is 38.5 Å². The molecule has 0 N–H and O–H groups in total. The first kappa shape index (κ1) is 17.6. The van der Waals surface area contributed by atoms with Gasteiger partial charge in [0.15, 0.2) is 0 Å². The van der Waals surface area contributed by atoms with E-state index in [1.54, 1.807) is 0 Å². The lowest BCUT2D eigenvalue weighted by molar-refractivity contribution is -0.863. The Bertz CT molecular complexity index is 106. The minimum atomic E-state index is 0.339. The van der Waals surface area contributed by atoms with Gasteiger partial charge in [-0.1, -0.05) is 25.7 Å². The second-order valence-corrected chi connectivity index (χ2v) is 3.45. The highest BCUT2D eigenvalue weighted by Gasteiger charge is 1.99. The molecule has 0 aromatic heterocycles. The van der Waals surface area contributed by atoms with E-state index in [4.69, 9.17) is 0 Å². The highest BCUT2D eigenvalue weighted by Crippen LogP contribution is 2.06. The van der Waals surface area contributed by atoms with Gasteiger partial charge in [0, 0.05) is 0 Å². The lowest BCUT2D eigenvalue weighted by Gasteiger charge is -2.03. The monoisotopic (exact) mass is 304 g/mol. The molecule has 120 valence electrons. The van der Waals surface area contributed by atoms with Crippen LogP contribution in [-0.4, -0.2) is 13.2 Å². The lowest BCUT2D eigenvalue weighted by atomic mass is 10.1. The summed E-state index contributed by atoms with van der Waals surface area (Å²) in [7, 11) is 0. The summed E-state index contributed by atoms with van der Waals surface area (Å²) in [6.07, 6.45) is 5.71. The molecule has 1 heterocycles. The molecule has 0 aromatic carbocycles. The van der Waals surface area contributed by atoms with Crippen LogP contribution < -0.4 is 0 Å². The molecule has 0 aliphatic carbocycles. The van der Waals surface area contributed by atoms with E-state index in [2.05, 4.69) is 60.2 Å². The Morgan fingerprint density at radius 3 is 1.00 bits per heavy atom. The van der Waals surface area contributed by atoms with E-state index in [9.17, 15) is 0 Å².